The van der Waals surface area contributed by atoms with E-state index in [2.05, 4.69) is 96.9 Å². The van der Waals surface area contributed by atoms with Crippen molar-refractivity contribution in [1.29, 1.82) is 0 Å². The molecule has 124 valence electrons. The van der Waals surface area contributed by atoms with Crippen LogP contribution in [-0.4, -0.2) is 0 Å². The van der Waals surface area contributed by atoms with Crippen molar-refractivity contribution in [3.05, 3.63) is 119 Å². The molecule has 0 heterocycles. The monoisotopic (exact) mass is 340 g/mol. The molecular formula is C27H16. The van der Waals surface area contributed by atoms with Crippen LogP contribution in [0.15, 0.2) is 91.0 Å². The van der Waals surface area contributed by atoms with E-state index in [0.717, 1.165) is 5.56 Å². The van der Waals surface area contributed by atoms with E-state index in [4.69, 9.17) is 6.42 Å². The van der Waals surface area contributed by atoms with Gasteiger partial charge in [-0.05, 0) is 56.6 Å². The number of rotatable bonds is 0. The van der Waals surface area contributed by atoms with Crippen LogP contribution in [0.5, 0.6) is 0 Å². The summed E-state index contributed by atoms with van der Waals surface area (Å²) in [4.78, 5) is 0. The van der Waals surface area contributed by atoms with Gasteiger partial charge in [-0.2, -0.15) is 0 Å². The molecule has 1 spiro atoms. The van der Waals surface area contributed by atoms with Gasteiger partial charge in [0.05, 0.1) is 5.41 Å². The zero-order valence-electron chi connectivity index (χ0n) is 14.7. The molecule has 6 rings (SSSR count). The number of terminal acetylenes is 1. The van der Waals surface area contributed by atoms with Gasteiger partial charge in [0, 0.05) is 5.56 Å². The molecule has 0 nitrogen and oxygen atoms in total. The quantitative estimate of drug-likeness (QED) is 0.297. The van der Waals surface area contributed by atoms with Crippen molar-refractivity contribution in [3.63, 3.8) is 0 Å². The molecule has 0 N–H and O–H groups in total. The Labute approximate surface area is 159 Å². The van der Waals surface area contributed by atoms with Crippen LogP contribution in [0.1, 0.15) is 27.8 Å². The van der Waals surface area contributed by atoms with E-state index in [9.17, 15) is 0 Å². The minimum Gasteiger partial charge on any atom is -0.115 e. The van der Waals surface area contributed by atoms with E-state index in [1.165, 1.54) is 44.5 Å². The van der Waals surface area contributed by atoms with Crippen molar-refractivity contribution in [2.75, 3.05) is 0 Å². The van der Waals surface area contributed by atoms with Gasteiger partial charge < -0.3 is 0 Å². The van der Waals surface area contributed by atoms with Crippen molar-refractivity contribution in [2.45, 2.75) is 5.41 Å². The Kier molecular flexibility index (Phi) is 2.70. The highest BCUT2D eigenvalue weighted by Crippen LogP contribution is 2.62. The van der Waals surface area contributed by atoms with Gasteiger partial charge in [0.1, 0.15) is 0 Å². The van der Waals surface area contributed by atoms with Crippen molar-refractivity contribution in [3.8, 4) is 34.6 Å². The highest BCUT2D eigenvalue weighted by molar-refractivity contribution is 5.95. The molecule has 0 aromatic heterocycles. The van der Waals surface area contributed by atoms with Crippen LogP contribution in [0.4, 0.5) is 0 Å². The van der Waals surface area contributed by atoms with Crippen molar-refractivity contribution >= 4 is 0 Å². The smallest absolute Gasteiger partial charge is 0.0725 e. The average Bonchev–Trinajstić information content (AvgIpc) is 3.21. The first-order chi connectivity index (χ1) is 13.4. The summed E-state index contributed by atoms with van der Waals surface area (Å²) in [5.74, 6) is 2.84. The molecule has 27 heavy (non-hydrogen) atoms. The standard InChI is InChI=1S/C27H16/c1-2-18-15-16-22-21-11-5-8-14-25(21)27(26(22)17-18)23-12-6-3-9-19(23)20-10-4-7-13-24(20)27/h1,3-17H. The maximum Gasteiger partial charge on any atom is 0.0725 e. The average molecular weight is 340 g/mol. The molecule has 0 atom stereocenters. The highest BCUT2D eigenvalue weighted by atomic mass is 14.5. The van der Waals surface area contributed by atoms with Gasteiger partial charge in [-0.25, -0.2) is 0 Å². The van der Waals surface area contributed by atoms with Crippen LogP contribution < -0.4 is 0 Å². The second-order valence-electron chi connectivity index (χ2n) is 7.29. The van der Waals surface area contributed by atoms with E-state index in [-0.39, 0.29) is 5.41 Å². The van der Waals surface area contributed by atoms with E-state index in [1.807, 2.05) is 0 Å². The minimum atomic E-state index is -0.286. The second-order valence-corrected chi connectivity index (χ2v) is 7.29. The van der Waals surface area contributed by atoms with Crippen LogP contribution in [0.3, 0.4) is 0 Å². The lowest BCUT2D eigenvalue weighted by Gasteiger charge is -2.30. The lowest BCUT2D eigenvalue weighted by atomic mass is 9.70. The Morgan fingerprint density at radius 1 is 0.519 bits per heavy atom. The van der Waals surface area contributed by atoms with Crippen molar-refractivity contribution < 1.29 is 0 Å². The second kappa shape index (κ2) is 5.00. The maximum absolute atomic E-state index is 5.78. The van der Waals surface area contributed by atoms with Gasteiger partial charge in [0.2, 0.25) is 0 Å². The van der Waals surface area contributed by atoms with Gasteiger partial charge in [-0.15, -0.1) is 6.42 Å². The van der Waals surface area contributed by atoms with E-state index < -0.39 is 0 Å². The summed E-state index contributed by atoms with van der Waals surface area (Å²) in [7, 11) is 0. The molecule has 2 aliphatic carbocycles. The molecule has 0 aliphatic heterocycles. The molecular weight excluding hydrogens is 324 g/mol. The van der Waals surface area contributed by atoms with Gasteiger partial charge in [0.15, 0.2) is 0 Å². The van der Waals surface area contributed by atoms with E-state index in [1.54, 1.807) is 0 Å². The molecule has 0 heteroatoms. The summed E-state index contributed by atoms with van der Waals surface area (Å²) < 4.78 is 0. The topological polar surface area (TPSA) is 0 Å². The summed E-state index contributed by atoms with van der Waals surface area (Å²) >= 11 is 0. The number of hydrogen-bond acceptors (Lipinski definition) is 0. The SMILES string of the molecule is C#Cc1ccc2c(c1)C1(c3ccccc3-c3ccccc31)c1ccccc1-2. The van der Waals surface area contributed by atoms with Gasteiger partial charge in [-0.3, -0.25) is 0 Å². The number of benzene rings is 4. The number of fused-ring (bicyclic) bond motifs is 10. The summed E-state index contributed by atoms with van der Waals surface area (Å²) in [6.45, 7) is 0. The largest absolute Gasteiger partial charge is 0.115 e. The maximum atomic E-state index is 5.78. The zero-order valence-corrected chi connectivity index (χ0v) is 14.7. The summed E-state index contributed by atoms with van der Waals surface area (Å²) in [5.41, 5.74) is 11.2. The molecule has 0 saturated heterocycles. The fourth-order valence-corrected chi connectivity index (χ4v) is 5.18. The molecule has 0 saturated carbocycles. The minimum absolute atomic E-state index is 0.286. The Bertz CT molecular complexity index is 1220. The van der Waals surface area contributed by atoms with E-state index >= 15 is 0 Å². The fraction of sp³-hybridized carbons (Fsp3) is 0.0370. The van der Waals surface area contributed by atoms with Crippen LogP contribution in [0.2, 0.25) is 0 Å². The molecule has 4 aromatic carbocycles. The van der Waals surface area contributed by atoms with Crippen LogP contribution in [0, 0.1) is 12.3 Å². The third kappa shape index (κ3) is 1.60. The predicted octanol–water partition coefficient (Wildman–Crippen LogP) is 6.01. The highest BCUT2D eigenvalue weighted by Gasteiger charge is 2.51. The van der Waals surface area contributed by atoms with Crippen LogP contribution in [-0.2, 0) is 5.41 Å². The van der Waals surface area contributed by atoms with Gasteiger partial charge in [0.25, 0.3) is 0 Å². The normalized spacial score (nSPS) is 14.2. The summed E-state index contributed by atoms with van der Waals surface area (Å²) in [5, 5.41) is 0. The molecule has 0 radical (unpaired) electrons. The van der Waals surface area contributed by atoms with Crippen molar-refractivity contribution in [2.24, 2.45) is 0 Å². The summed E-state index contributed by atoms with van der Waals surface area (Å²) in [6, 6.07) is 32.9. The Balaban J connectivity index is 1.87. The Morgan fingerprint density at radius 2 is 0.963 bits per heavy atom. The molecule has 0 fully saturated rings. The Morgan fingerprint density at radius 3 is 1.44 bits per heavy atom. The van der Waals surface area contributed by atoms with Crippen LogP contribution in [0.25, 0.3) is 22.3 Å². The Hall–Kier alpha value is -3.56. The third-order valence-electron chi connectivity index (χ3n) is 6.16. The lowest BCUT2D eigenvalue weighted by molar-refractivity contribution is 0.793. The predicted molar refractivity (Wildman–Crippen MR) is 111 cm³/mol. The fourth-order valence-electron chi connectivity index (χ4n) is 5.18. The molecule has 0 bridgehead atoms. The first-order valence-electron chi connectivity index (χ1n) is 9.26. The summed E-state index contributed by atoms with van der Waals surface area (Å²) in [6.07, 6.45) is 5.78. The molecule has 0 unspecified atom stereocenters. The third-order valence-corrected chi connectivity index (χ3v) is 6.16. The van der Waals surface area contributed by atoms with E-state index in [0.29, 0.717) is 0 Å². The first kappa shape index (κ1) is 14.6. The molecule has 2 aliphatic rings. The van der Waals surface area contributed by atoms with Gasteiger partial charge >= 0.3 is 0 Å². The lowest BCUT2D eigenvalue weighted by Crippen LogP contribution is -2.25. The zero-order chi connectivity index (χ0) is 18.0. The molecule has 0 amide bonds. The van der Waals surface area contributed by atoms with Gasteiger partial charge in [-0.1, -0.05) is 84.8 Å². The molecule has 4 aromatic rings. The number of hydrogen-bond donors (Lipinski definition) is 0. The first-order valence-corrected chi connectivity index (χ1v) is 9.26. The van der Waals surface area contributed by atoms with Crippen molar-refractivity contribution in [1.82, 2.24) is 0 Å². The van der Waals surface area contributed by atoms with Crippen LogP contribution >= 0.6 is 0 Å².